The number of nitrogens with zero attached hydrogens (tertiary/aromatic N) is 3. The number of rotatable bonds is 2. The van der Waals surface area contributed by atoms with Gasteiger partial charge in [0, 0.05) is 0 Å². The van der Waals surface area contributed by atoms with Crippen molar-refractivity contribution in [1.82, 2.24) is 19.5 Å². The Kier molecular flexibility index (Phi) is 2.83. The van der Waals surface area contributed by atoms with Gasteiger partial charge in [-0.15, -0.1) is 6.42 Å². The zero-order valence-corrected chi connectivity index (χ0v) is 11.7. The minimum atomic E-state index is -3.02. The van der Waals surface area contributed by atoms with Crippen molar-refractivity contribution in [3.63, 3.8) is 0 Å². The van der Waals surface area contributed by atoms with E-state index >= 15 is 4.39 Å². The maximum atomic E-state index is 15.1. The molecule has 1 unspecified atom stereocenters. The molecule has 3 heterocycles. The number of nitrogens with one attached hydrogen (secondary N) is 1. The van der Waals surface area contributed by atoms with Crippen LogP contribution in [0.25, 0.3) is 11.2 Å². The zero-order chi connectivity index (χ0) is 17.9. The minimum Gasteiger partial charge on any atom is -0.394 e. The molecule has 1 aliphatic heterocycles. The molecule has 2 aromatic heterocycles. The number of anilines is 1. The minimum absolute atomic E-state index is 0.0535. The van der Waals surface area contributed by atoms with Gasteiger partial charge in [0.05, 0.1) is 15.6 Å². The third-order valence-electron chi connectivity index (χ3n) is 3.42. The second kappa shape index (κ2) is 4.99. The number of ether oxygens (including phenoxy) is 1. The predicted octanol–water partition coefficient (Wildman–Crippen LogP) is -0.337. The Balaban J connectivity index is 2.19. The number of alkyl halides is 1. The van der Waals surface area contributed by atoms with Crippen molar-refractivity contribution in [3.8, 4) is 12.3 Å². The fourth-order valence-electron chi connectivity index (χ4n) is 2.34. The van der Waals surface area contributed by atoms with Crippen LogP contribution in [0.3, 0.4) is 0 Å². The number of nitrogens with two attached hydrogens (primary N) is 1. The van der Waals surface area contributed by atoms with Gasteiger partial charge in [-0.3, -0.25) is 4.57 Å². The standard InChI is InChI=1S/C12H12FN5O3S/c1-2-12(13)7(20)5(3-19)21-10(12)18-4-15-6-8(18)16-11(14)17-9(6)22/h1,4-5,7,10,19-20H,3H2,(H3,14,16,17,22)/t5-,7+,10-,12?/m1/s1/i3D2. The van der Waals surface area contributed by atoms with Gasteiger partial charge in [-0.2, -0.15) is 0 Å². The molecule has 0 saturated carbocycles. The Morgan fingerprint density at radius 1 is 1.77 bits per heavy atom. The second-order valence-electron chi connectivity index (χ2n) is 4.67. The second-order valence-corrected chi connectivity index (χ2v) is 5.06. The van der Waals surface area contributed by atoms with E-state index in [2.05, 4.69) is 15.0 Å². The Morgan fingerprint density at radius 2 is 2.50 bits per heavy atom. The van der Waals surface area contributed by atoms with Gasteiger partial charge in [0.1, 0.15) is 23.4 Å². The summed E-state index contributed by atoms with van der Waals surface area (Å²) < 4.78 is 36.0. The molecular weight excluding hydrogens is 313 g/mol. The van der Waals surface area contributed by atoms with E-state index in [1.54, 1.807) is 5.92 Å². The third kappa shape index (κ3) is 1.91. The molecule has 3 rings (SSSR count). The Labute approximate surface area is 131 Å². The van der Waals surface area contributed by atoms with Gasteiger partial charge >= 0.3 is 0 Å². The van der Waals surface area contributed by atoms with Crippen molar-refractivity contribution < 1.29 is 22.1 Å². The SMILES string of the molecule is [2H]C([2H])(O)[C@H]1O[C@@H](n2cnc3c(=S)nc(N)[nH]c32)C(F)(C#C)[C@H]1O. The summed E-state index contributed by atoms with van der Waals surface area (Å²) in [6.07, 6.45) is 0.618. The summed E-state index contributed by atoms with van der Waals surface area (Å²) >= 11 is 5.01. The molecule has 116 valence electrons. The quantitative estimate of drug-likeness (QED) is 0.440. The van der Waals surface area contributed by atoms with Gasteiger partial charge in [-0.05, 0) is 0 Å². The van der Waals surface area contributed by atoms with E-state index in [1.807, 2.05) is 0 Å². The monoisotopic (exact) mass is 327 g/mol. The van der Waals surface area contributed by atoms with Crippen LogP contribution in [-0.4, -0.2) is 54.2 Å². The van der Waals surface area contributed by atoms with Crippen molar-refractivity contribution in [3.05, 3.63) is 11.0 Å². The van der Waals surface area contributed by atoms with Crippen LogP contribution in [-0.2, 0) is 4.74 Å². The van der Waals surface area contributed by atoms with Crippen LogP contribution in [0.4, 0.5) is 10.3 Å². The average molecular weight is 327 g/mol. The Bertz CT molecular complexity index is 907. The van der Waals surface area contributed by atoms with Crippen molar-refractivity contribution >= 4 is 29.3 Å². The molecule has 1 aliphatic rings. The van der Waals surface area contributed by atoms with Crippen LogP contribution < -0.4 is 5.73 Å². The lowest BCUT2D eigenvalue weighted by atomic mass is 9.97. The fourth-order valence-corrected chi connectivity index (χ4v) is 2.58. The van der Waals surface area contributed by atoms with E-state index < -0.39 is 30.7 Å². The molecule has 1 saturated heterocycles. The van der Waals surface area contributed by atoms with Crippen LogP contribution in [0, 0.1) is 17.0 Å². The maximum Gasteiger partial charge on any atom is 0.243 e. The average Bonchev–Trinajstić information content (AvgIpc) is 2.99. The highest BCUT2D eigenvalue weighted by Gasteiger charge is 2.57. The number of aromatic amines is 1. The summed E-state index contributed by atoms with van der Waals surface area (Å²) in [7, 11) is 0. The summed E-state index contributed by atoms with van der Waals surface area (Å²) in [5.74, 6) is 1.71. The normalized spacial score (nSPS) is 33.5. The third-order valence-corrected chi connectivity index (χ3v) is 3.70. The highest BCUT2D eigenvalue weighted by molar-refractivity contribution is 7.71. The van der Waals surface area contributed by atoms with Gasteiger partial charge in [0.2, 0.25) is 5.67 Å². The Morgan fingerprint density at radius 3 is 3.14 bits per heavy atom. The molecule has 0 radical (unpaired) electrons. The zero-order valence-electron chi connectivity index (χ0n) is 12.9. The first-order valence-electron chi connectivity index (χ1n) is 7.04. The molecule has 4 atom stereocenters. The van der Waals surface area contributed by atoms with Crippen molar-refractivity contribution in [2.24, 2.45) is 0 Å². The first kappa shape index (κ1) is 12.5. The summed E-state index contributed by atoms with van der Waals surface area (Å²) in [4.78, 5) is 10.4. The van der Waals surface area contributed by atoms with Gasteiger partial charge < -0.3 is 25.7 Å². The fraction of sp³-hybridized carbons (Fsp3) is 0.417. The van der Waals surface area contributed by atoms with Crippen molar-refractivity contribution in [2.75, 3.05) is 12.3 Å². The molecule has 0 bridgehead atoms. The molecule has 0 amide bonds. The van der Waals surface area contributed by atoms with E-state index in [1.165, 1.54) is 0 Å². The van der Waals surface area contributed by atoms with Crippen LogP contribution in [0.2, 0.25) is 0 Å². The molecule has 1 fully saturated rings. The van der Waals surface area contributed by atoms with Gasteiger partial charge in [-0.25, -0.2) is 14.4 Å². The molecule has 0 aliphatic carbocycles. The number of hydrogen-bond donors (Lipinski definition) is 4. The number of H-pyrrole nitrogens is 1. The predicted molar refractivity (Wildman–Crippen MR) is 76.8 cm³/mol. The summed E-state index contributed by atoms with van der Waals surface area (Å²) in [5.41, 5.74) is 3.06. The molecule has 2 aromatic rings. The van der Waals surface area contributed by atoms with Crippen molar-refractivity contribution in [1.29, 1.82) is 0 Å². The highest BCUT2D eigenvalue weighted by Crippen LogP contribution is 2.42. The Hall–Kier alpha value is -2.06. The number of nitrogen functional groups attached to an aromatic ring is 1. The van der Waals surface area contributed by atoms with E-state index in [9.17, 15) is 10.2 Å². The number of aromatic nitrogens is 4. The van der Waals surface area contributed by atoms with E-state index in [0.717, 1.165) is 10.9 Å². The van der Waals surface area contributed by atoms with Crippen LogP contribution in [0.15, 0.2) is 6.33 Å². The lowest BCUT2D eigenvalue weighted by Crippen LogP contribution is -2.42. The lowest BCUT2D eigenvalue weighted by Gasteiger charge is -2.23. The number of halogens is 1. The summed E-state index contributed by atoms with van der Waals surface area (Å²) in [5, 5.41) is 19.5. The molecule has 8 nitrogen and oxygen atoms in total. The number of fused-ring (bicyclic) bond motifs is 1. The van der Waals surface area contributed by atoms with Crippen LogP contribution in [0.5, 0.6) is 0 Å². The molecule has 10 heteroatoms. The number of aliphatic hydroxyl groups is 2. The summed E-state index contributed by atoms with van der Waals surface area (Å²) in [6.45, 7) is -3.02. The molecule has 0 aromatic carbocycles. The van der Waals surface area contributed by atoms with Crippen LogP contribution >= 0.6 is 12.2 Å². The maximum absolute atomic E-state index is 15.1. The molecule has 5 N–H and O–H groups in total. The first-order chi connectivity index (χ1) is 11.1. The lowest BCUT2D eigenvalue weighted by molar-refractivity contribution is -0.0504. The smallest absolute Gasteiger partial charge is 0.243 e. The highest BCUT2D eigenvalue weighted by atomic mass is 32.1. The van der Waals surface area contributed by atoms with Crippen molar-refractivity contribution in [2.45, 2.75) is 24.1 Å². The van der Waals surface area contributed by atoms with Gasteiger partial charge in [-0.1, -0.05) is 18.1 Å². The molecule has 22 heavy (non-hydrogen) atoms. The number of imidazole rings is 1. The number of hydrogen-bond acceptors (Lipinski definition) is 7. The molecule has 0 spiro atoms. The number of aliphatic hydroxyl groups excluding tert-OH is 1. The largest absolute Gasteiger partial charge is 0.394 e. The topological polar surface area (TPSA) is 122 Å². The van der Waals surface area contributed by atoms with E-state index in [0.29, 0.717) is 0 Å². The van der Waals surface area contributed by atoms with Gasteiger partial charge in [0.15, 0.2) is 16.8 Å². The van der Waals surface area contributed by atoms with E-state index in [-0.39, 0.29) is 21.8 Å². The van der Waals surface area contributed by atoms with Gasteiger partial charge in [0.25, 0.3) is 0 Å². The van der Waals surface area contributed by atoms with Crippen LogP contribution in [0.1, 0.15) is 8.97 Å². The number of terminal acetylenes is 1. The molecular formula is C12H12FN5O3S. The first-order valence-corrected chi connectivity index (χ1v) is 6.45. The summed E-state index contributed by atoms with van der Waals surface area (Å²) in [6, 6.07) is 0. The van der Waals surface area contributed by atoms with E-state index in [4.69, 9.17) is 31.9 Å².